The Morgan fingerprint density at radius 2 is 1.62 bits per heavy atom. The number of amides is 2. The summed E-state index contributed by atoms with van der Waals surface area (Å²) in [6.45, 7) is 0.267. The normalized spacial score (nSPS) is 11.5. The molecule has 0 atom stereocenters. The standard InChI is InChI=1S/C20H17F3N4O4S/c21-20(22,23)31-17-7-3-16(4-8-17)27-32(29,30)18-9-5-15(6-10-18)26-19(28)25-13-14-2-1-11-24-12-14/h1-12,27H,13H2,(H2,25,26,28). The number of carbonyl (C=O) groups excluding carboxylic acids is 1. The number of hydrogen-bond donors (Lipinski definition) is 3. The van der Waals surface area contributed by atoms with Crippen LogP contribution in [0.3, 0.4) is 0 Å². The van der Waals surface area contributed by atoms with E-state index in [4.69, 9.17) is 0 Å². The van der Waals surface area contributed by atoms with Crippen LogP contribution in [-0.2, 0) is 16.6 Å². The van der Waals surface area contributed by atoms with Crippen LogP contribution >= 0.6 is 0 Å². The summed E-state index contributed by atoms with van der Waals surface area (Å²) in [6.07, 6.45) is -1.61. The first-order valence-corrected chi connectivity index (χ1v) is 10.5. The number of benzene rings is 2. The number of urea groups is 1. The summed E-state index contributed by atoms with van der Waals surface area (Å²) in [5, 5.41) is 5.22. The molecule has 3 N–H and O–H groups in total. The Morgan fingerprint density at radius 1 is 0.969 bits per heavy atom. The van der Waals surface area contributed by atoms with Gasteiger partial charge in [0.25, 0.3) is 10.0 Å². The lowest BCUT2D eigenvalue weighted by atomic mass is 10.3. The Labute approximate surface area is 181 Å². The lowest BCUT2D eigenvalue weighted by molar-refractivity contribution is -0.274. The van der Waals surface area contributed by atoms with Crippen LogP contribution in [0.4, 0.5) is 29.3 Å². The number of ether oxygens (including phenoxy) is 1. The van der Waals surface area contributed by atoms with Crippen molar-refractivity contribution in [2.45, 2.75) is 17.8 Å². The Bertz CT molecular complexity index is 1150. The van der Waals surface area contributed by atoms with E-state index in [1.54, 1.807) is 24.5 Å². The Morgan fingerprint density at radius 3 is 2.22 bits per heavy atom. The van der Waals surface area contributed by atoms with Crippen molar-refractivity contribution in [1.29, 1.82) is 0 Å². The van der Waals surface area contributed by atoms with Crippen molar-refractivity contribution in [3.8, 4) is 5.75 Å². The Balaban J connectivity index is 1.57. The fourth-order valence-electron chi connectivity index (χ4n) is 2.52. The number of pyridine rings is 1. The van der Waals surface area contributed by atoms with E-state index in [2.05, 4.69) is 25.1 Å². The lowest BCUT2D eigenvalue weighted by Crippen LogP contribution is -2.28. The highest BCUT2D eigenvalue weighted by Crippen LogP contribution is 2.25. The number of carbonyl (C=O) groups is 1. The number of aromatic nitrogens is 1. The zero-order valence-electron chi connectivity index (χ0n) is 16.3. The van der Waals surface area contributed by atoms with E-state index in [1.807, 2.05) is 0 Å². The van der Waals surface area contributed by atoms with Gasteiger partial charge in [-0.1, -0.05) is 6.07 Å². The number of halogens is 3. The zero-order chi connectivity index (χ0) is 23.2. The minimum absolute atomic E-state index is 0.0523. The van der Waals surface area contributed by atoms with Crippen molar-refractivity contribution in [2.75, 3.05) is 10.0 Å². The quantitative estimate of drug-likeness (QED) is 0.486. The second kappa shape index (κ2) is 9.56. The molecule has 0 fully saturated rings. The molecule has 0 aliphatic carbocycles. The fraction of sp³-hybridized carbons (Fsp3) is 0.100. The van der Waals surface area contributed by atoms with Crippen LogP contribution in [0.2, 0.25) is 0 Å². The minimum Gasteiger partial charge on any atom is -0.406 e. The van der Waals surface area contributed by atoms with Gasteiger partial charge < -0.3 is 15.4 Å². The predicted octanol–water partition coefficient (Wildman–Crippen LogP) is 4.10. The van der Waals surface area contributed by atoms with Gasteiger partial charge in [0.05, 0.1) is 4.90 Å². The van der Waals surface area contributed by atoms with Crippen LogP contribution in [0.5, 0.6) is 5.75 Å². The molecule has 8 nitrogen and oxygen atoms in total. The average molecular weight is 466 g/mol. The van der Waals surface area contributed by atoms with E-state index in [9.17, 15) is 26.4 Å². The van der Waals surface area contributed by atoms with E-state index in [0.717, 1.165) is 29.8 Å². The average Bonchev–Trinajstić information content (AvgIpc) is 2.74. The maximum Gasteiger partial charge on any atom is 0.573 e. The summed E-state index contributed by atoms with van der Waals surface area (Å²) in [7, 11) is -4.00. The van der Waals surface area contributed by atoms with Crippen LogP contribution in [0.15, 0.2) is 78.0 Å². The molecule has 32 heavy (non-hydrogen) atoms. The molecule has 0 radical (unpaired) electrons. The smallest absolute Gasteiger partial charge is 0.406 e. The first kappa shape index (κ1) is 22.9. The van der Waals surface area contributed by atoms with Crippen LogP contribution in [0, 0.1) is 0 Å². The van der Waals surface area contributed by atoms with E-state index in [-0.39, 0.29) is 17.1 Å². The molecule has 3 rings (SSSR count). The molecule has 168 valence electrons. The first-order valence-electron chi connectivity index (χ1n) is 9.03. The van der Waals surface area contributed by atoms with Gasteiger partial charge in [0.2, 0.25) is 0 Å². The summed E-state index contributed by atoms with van der Waals surface area (Å²) < 4.78 is 67.6. The first-order chi connectivity index (χ1) is 15.1. The van der Waals surface area contributed by atoms with Gasteiger partial charge in [-0.2, -0.15) is 0 Å². The molecule has 0 saturated heterocycles. The molecular weight excluding hydrogens is 449 g/mol. The fourth-order valence-corrected chi connectivity index (χ4v) is 3.58. The lowest BCUT2D eigenvalue weighted by Gasteiger charge is -2.11. The third-order valence-corrected chi connectivity index (χ3v) is 5.34. The van der Waals surface area contributed by atoms with Crippen molar-refractivity contribution in [3.63, 3.8) is 0 Å². The molecule has 12 heteroatoms. The van der Waals surface area contributed by atoms with Crippen molar-refractivity contribution in [1.82, 2.24) is 10.3 Å². The highest BCUT2D eigenvalue weighted by Gasteiger charge is 2.31. The molecular formula is C20H17F3N4O4S. The number of alkyl halides is 3. The molecule has 2 aromatic carbocycles. The third kappa shape index (κ3) is 6.87. The Hall–Kier alpha value is -3.80. The van der Waals surface area contributed by atoms with Gasteiger partial charge in [-0.25, -0.2) is 13.2 Å². The zero-order valence-corrected chi connectivity index (χ0v) is 17.1. The molecule has 3 aromatic rings. The highest BCUT2D eigenvalue weighted by molar-refractivity contribution is 7.92. The van der Waals surface area contributed by atoms with Crippen molar-refractivity contribution >= 4 is 27.4 Å². The third-order valence-electron chi connectivity index (χ3n) is 3.94. The molecule has 1 aromatic heterocycles. The summed E-state index contributed by atoms with van der Waals surface area (Å²) in [4.78, 5) is 15.8. The maximum absolute atomic E-state index is 12.5. The topological polar surface area (TPSA) is 109 Å². The van der Waals surface area contributed by atoms with Gasteiger partial charge >= 0.3 is 12.4 Å². The van der Waals surface area contributed by atoms with Gasteiger partial charge in [-0.05, 0) is 60.2 Å². The second-order valence-electron chi connectivity index (χ2n) is 6.37. The summed E-state index contributed by atoms with van der Waals surface area (Å²) in [6, 6.07) is 12.7. The molecule has 0 bridgehead atoms. The molecule has 1 heterocycles. The molecule has 2 amide bonds. The molecule has 0 aliphatic heterocycles. The predicted molar refractivity (Wildman–Crippen MR) is 110 cm³/mol. The number of sulfonamides is 1. The second-order valence-corrected chi connectivity index (χ2v) is 8.05. The van der Waals surface area contributed by atoms with E-state index < -0.39 is 28.2 Å². The van der Waals surface area contributed by atoms with E-state index in [1.165, 1.54) is 24.3 Å². The van der Waals surface area contributed by atoms with E-state index >= 15 is 0 Å². The van der Waals surface area contributed by atoms with Gasteiger partial charge in [-0.3, -0.25) is 9.71 Å². The number of anilines is 2. The molecule has 0 spiro atoms. The number of hydrogen-bond acceptors (Lipinski definition) is 5. The van der Waals surface area contributed by atoms with Crippen molar-refractivity contribution < 1.29 is 31.1 Å². The molecule has 0 unspecified atom stereocenters. The van der Waals surface area contributed by atoms with Gasteiger partial charge in [0, 0.05) is 30.3 Å². The highest BCUT2D eigenvalue weighted by atomic mass is 32.2. The van der Waals surface area contributed by atoms with Crippen molar-refractivity contribution in [2.24, 2.45) is 0 Å². The number of rotatable bonds is 7. The maximum atomic E-state index is 12.5. The summed E-state index contributed by atoms with van der Waals surface area (Å²) in [5.74, 6) is -0.474. The molecule has 0 saturated carbocycles. The number of nitrogens with one attached hydrogen (secondary N) is 3. The van der Waals surface area contributed by atoms with Crippen molar-refractivity contribution in [3.05, 3.63) is 78.6 Å². The van der Waals surface area contributed by atoms with Crippen LogP contribution in [-0.4, -0.2) is 25.8 Å². The Kier molecular flexibility index (Phi) is 6.83. The minimum atomic E-state index is -4.84. The van der Waals surface area contributed by atoms with Crippen LogP contribution in [0.1, 0.15) is 5.56 Å². The van der Waals surface area contributed by atoms with E-state index in [0.29, 0.717) is 5.69 Å². The molecule has 0 aliphatic rings. The summed E-state index contributed by atoms with van der Waals surface area (Å²) in [5.41, 5.74) is 1.23. The number of nitrogens with zero attached hydrogens (tertiary/aromatic N) is 1. The van der Waals surface area contributed by atoms with Crippen LogP contribution < -0.4 is 20.1 Å². The van der Waals surface area contributed by atoms with Gasteiger partial charge in [0.15, 0.2) is 0 Å². The largest absolute Gasteiger partial charge is 0.573 e. The van der Waals surface area contributed by atoms with Gasteiger partial charge in [-0.15, -0.1) is 13.2 Å². The summed E-state index contributed by atoms with van der Waals surface area (Å²) >= 11 is 0. The SMILES string of the molecule is O=C(NCc1cccnc1)Nc1ccc(S(=O)(=O)Nc2ccc(OC(F)(F)F)cc2)cc1. The van der Waals surface area contributed by atoms with Gasteiger partial charge in [0.1, 0.15) is 5.75 Å². The monoisotopic (exact) mass is 466 g/mol. The van der Waals surface area contributed by atoms with Crippen LogP contribution in [0.25, 0.3) is 0 Å².